The molecule has 0 saturated carbocycles. The fourth-order valence-electron chi connectivity index (χ4n) is 3.45. The van der Waals surface area contributed by atoms with Gasteiger partial charge in [0.2, 0.25) is 0 Å². The van der Waals surface area contributed by atoms with Gasteiger partial charge in [-0.1, -0.05) is 76.9 Å². The first-order valence-corrected chi connectivity index (χ1v) is 12.7. The number of hydrogen-bond donors (Lipinski definition) is 2. The van der Waals surface area contributed by atoms with E-state index in [1.54, 1.807) is 12.1 Å². The Kier molecular flexibility index (Phi) is 15.1. The Morgan fingerprint density at radius 3 is 1.08 bits per heavy atom. The number of allylic oxidation sites excluding steroid dienone is 8. The number of hydrogen-bond acceptors (Lipinski definition) is 2. The molecular formula is C34H46O2Zr. The summed E-state index contributed by atoms with van der Waals surface area (Å²) in [7, 11) is 0. The Hall–Kier alpha value is -2.12. The quantitative estimate of drug-likeness (QED) is 0.306. The summed E-state index contributed by atoms with van der Waals surface area (Å²) >= 11 is 0. The van der Waals surface area contributed by atoms with Crippen LogP contribution >= 0.6 is 0 Å². The molecule has 0 aromatic heterocycles. The third-order valence-corrected chi connectivity index (χ3v) is 5.71. The maximum atomic E-state index is 9.04. The van der Waals surface area contributed by atoms with Crippen molar-refractivity contribution >= 4 is 0 Å². The molecule has 0 fully saturated rings. The summed E-state index contributed by atoms with van der Waals surface area (Å²) in [4.78, 5) is 0. The number of aryl methyl sites for hydroxylation is 4. The Morgan fingerprint density at radius 2 is 0.919 bits per heavy atom. The summed E-state index contributed by atoms with van der Waals surface area (Å²) < 4.78 is 0. The van der Waals surface area contributed by atoms with Crippen LogP contribution in [0, 0.1) is 50.7 Å². The molecule has 2 aliphatic carbocycles. The first-order valence-electron chi connectivity index (χ1n) is 12.7. The van der Waals surface area contributed by atoms with E-state index >= 15 is 0 Å². The first kappa shape index (κ1) is 34.9. The third kappa shape index (κ3) is 13.8. The molecule has 2 nitrogen and oxygen atoms in total. The van der Waals surface area contributed by atoms with Crippen LogP contribution in [-0.4, -0.2) is 10.2 Å². The van der Waals surface area contributed by atoms with Gasteiger partial charge in [-0.2, -0.15) is 12.2 Å². The predicted octanol–water partition coefficient (Wildman–Crippen LogP) is 9.46. The summed E-state index contributed by atoms with van der Waals surface area (Å²) in [6.07, 6.45) is 17.3. The van der Waals surface area contributed by atoms with E-state index in [0.29, 0.717) is 22.3 Å². The summed E-state index contributed by atoms with van der Waals surface area (Å²) in [6, 6.07) is 11.1. The topological polar surface area (TPSA) is 40.5 Å². The molecule has 0 spiro atoms. The van der Waals surface area contributed by atoms with Crippen LogP contribution in [0.5, 0.6) is 11.5 Å². The normalized spacial score (nSPS) is 13.6. The molecule has 3 heteroatoms. The number of phenols is 2. The zero-order valence-electron chi connectivity index (χ0n) is 24.6. The maximum Gasteiger partial charge on any atom is 2.00 e. The Labute approximate surface area is 246 Å². The molecule has 0 heterocycles. The molecule has 2 aliphatic rings. The summed E-state index contributed by atoms with van der Waals surface area (Å²) in [5.41, 5.74) is 7.55. The van der Waals surface area contributed by atoms with E-state index in [0.717, 1.165) is 24.0 Å². The van der Waals surface area contributed by atoms with E-state index in [1.807, 2.05) is 52.0 Å². The van der Waals surface area contributed by atoms with E-state index in [2.05, 4.69) is 78.0 Å². The zero-order valence-corrected chi connectivity index (χ0v) is 27.0. The third-order valence-electron chi connectivity index (χ3n) is 5.71. The number of aromatic hydroxyl groups is 2. The van der Waals surface area contributed by atoms with Crippen molar-refractivity contribution in [2.24, 2.45) is 10.8 Å². The van der Waals surface area contributed by atoms with Crippen molar-refractivity contribution < 1.29 is 36.4 Å². The van der Waals surface area contributed by atoms with Crippen molar-refractivity contribution in [3.8, 4) is 11.5 Å². The van der Waals surface area contributed by atoms with Crippen molar-refractivity contribution in [1.82, 2.24) is 0 Å². The fraction of sp³-hybridized carbons (Fsp3) is 0.412. The molecule has 198 valence electrons. The van der Waals surface area contributed by atoms with Gasteiger partial charge in [-0.05, 0) is 61.8 Å². The second-order valence-corrected chi connectivity index (χ2v) is 11.5. The largest absolute Gasteiger partial charge is 2.00 e. The predicted molar refractivity (Wildman–Crippen MR) is 155 cm³/mol. The van der Waals surface area contributed by atoms with Gasteiger partial charge in [-0.25, -0.2) is 23.3 Å². The Bertz CT molecular complexity index is 1010. The van der Waals surface area contributed by atoms with Gasteiger partial charge in [0.25, 0.3) is 0 Å². The van der Waals surface area contributed by atoms with Gasteiger partial charge in [-0.15, -0.1) is 12.8 Å². The van der Waals surface area contributed by atoms with Gasteiger partial charge < -0.3 is 10.2 Å². The standard InChI is InChI=1S/2C9H13.2C8H10O.Zr/c2*1-9(2,3)8-6-4-5-7-8;2*1-6-3-4-8(9)7(2)5-6;/h2*4,6H,5H2,1-3H3;2*3-5,9H,1-2H3;/q2*-1;;;+2. The molecule has 0 atom stereocenters. The van der Waals surface area contributed by atoms with E-state index < -0.39 is 0 Å². The molecule has 37 heavy (non-hydrogen) atoms. The second kappa shape index (κ2) is 16.0. The van der Waals surface area contributed by atoms with Gasteiger partial charge in [0.05, 0.1) is 0 Å². The average Bonchev–Trinajstić information content (AvgIpc) is 3.49. The second-order valence-electron chi connectivity index (χ2n) is 11.5. The van der Waals surface area contributed by atoms with Crippen molar-refractivity contribution in [1.29, 1.82) is 0 Å². The van der Waals surface area contributed by atoms with Crippen LogP contribution in [-0.2, 0) is 26.2 Å². The van der Waals surface area contributed by atoms with Gasteiger partial charge in [-0.3, -0.25) is 12.2 Å². The van der Waals surface area contributed by atoms with Crippen LogP contribution < -0.4 is 0 Å². The van der Waals surface area contributed by atoms with Gasteiger partial charge in [0, 0.05) is 0 Å². The Balaban J connectivity index is 0.000000463. The molecule has 0 radical (unpaired) electrons. The molecule has 4 rings (SSSR count). The van der Waals surface area contributed by atoms with Crippen LogP contribution in [0.2, 0.25) is 0 Å². The number of phenolic OH excluding ortho intramolecular Hbond substituents is 2. The van der Waals surface area contributed by atoms with Crippen molar-refractivity contribution in [2.75, 3.05) is 0 Å². The molecule has 2 aromatic carbocycles. The molecule has 0 unspecified atom stereocenters. The molecular weight excluding hydrogens is 532 g/mol. The van der Waals surface area contributed by atoms with Crippen LogP contribution in [0.1, 0.15) is 76.6 Å². The molecule has 2 aromatic rings. The fourth-order valence-corrected chi connectivity index (χ4v) is 3.45. The molecule has 0 saturated heterocycles. The van der Waals surface area contributed by atoms with Crippen LogP contribution in [0.15, 0.2) is 71.8 Å². The van der Waals surface area contributed by atoms with Crippen molar-refractivity contribution in [2.45, 2.75) is 82.1 Å². The molecule has 0 amide bonds. The molecule has 2 N–H and O–H groups in total. The Morgan fingerprint density at radius 1 is 0.595 bits per heavy atom. The van der Waals surface area contributed by atoms with Crippen molar-refractivity contribution in [3.63, 3.8) is 0 Å². The molecule has 0 aliphatic heterocycles. The molecule has 0 bridgehead atoms. The van der Waals surface area contributed by atoms with Crippen LogP contribution in [0.3, 0.4) is 0 Å². The van der Waals surface area contributed by atoms with E-state index in [-0.39, 0.29) is 26.2 Å². The number of benzene rings is 2. The first-order chi connectivity index (χ1) is 16.6. The van der Waals surface area contributed by atoms with Gasteiger partial charge in [0.15, 0.2) is 0 Å². The summed E-state index contributed by atoms with van der Waals surface area (Å²) in [5.74, 6) is 0.751. The SMILES string of the molecule is CC(C)(C)C1=[C-]CC=C1.CC(C)(C)C1=[C-]CC=C1.Cc1ccc(O)c(C)c1.Cc1ccc(O)c(C)c1.[Zr+2]. The number of rotatable bonds is 0. The minimum absolute atomic E-state index is 0. The van der Waals surface area contributed by atoms with E-state index in [4.69, 9.17) is 10.2 Å². The maximum absolute atomic E-state index is 9.04. The van der Waals surface area contributed by atoms with Crippen LogP contribution in [0.25, 0.3) is 0 Å². The smallest absolute Gasteiger partial charge is 0.508 e. The monoisotopic (exact) mass is 576 g/mol. The van der Waals surface area contributed by atoms with Gasteiger partial charge in [0.1, 0.15) is 11.5 Å². The minimum Gasteiger partial charge on any atom is -0.508 e. The van der Waals surface area contributed by atoms with E-state index in [9.17, 15) is 0 Å². The van der Waals surface area contributed by atoms with Crippen LogP contribution in [0.4, 0.5) is 0 Å². The minimum atomic E-state index is 0. The van der Waals surface area contributed by atoms with Crippen molar-refractivity contribution in [3.05, 3.63) is 106 Å². The zero-order chi connectivity index (χ0) is 27.5. The van der Waals surface area contributed by atoms with E-state index in [1.165, 1.54) is 22.3 Å². The summed E-state index contributed by atoms with van der Waals surface area (Å²) in [5, 5.41) is 18.1. The average molecular weight is 578 g/mol. The summed E-state index contributed by atoms with van der Waals surface area (Å²) in [6.45, 7) is 21.1. The van der Waals surface area contributed by atoms with Gasteiger partial charge >= 0.3 is 26.2 Å².